The highest BCUT2D eigenvalue weighted by molar-refractivity contribution is 5.82. The molecule has 1 saturated heterocycles. The minimum absolute atomic E-state index is 0.135. The van der Waals surface area contributed by atoms with E-state index in [9.17, 15) is 4.79 Å². The number of hydrogen-bond acceptors (Lipinski definition) is 7. The lowest BCUT2D eigenvalue weighted by Gasteiger charge is -2.32. The molecule has 8 nitrogen and oxygen atoms in total. The maximum Gasteiger partial charge on any atom is 0.241 e. The Bertz CT molecular complexity index is 803. The molecule has 1 amide bonds. The van der Waals surface area contributed by atoms with Gasteiger partial charge >= 0.3 is 0 Å². The predicted molar refractivity (Wildman–Crippen MR) is 98.3 cm³/mol. The van der Waals surface area contributed by atoms with Gasteiger partial charge in [0.2, 0.25) is 5.91 Å². The molecule has 4 rings (SSSR count). The molecular formula is C18H23N7O. The molecule has 2 N–H and O–H groups in total. The van der Waals surface area contributed by atoms with Crippen LogP contribution in [0.25, 0.3) is 11.4 Å². The number of hydrazine groups is 1. The Balaban J connectivity index is 1.68. The fraction of sp³-hybridized carbons (Fsp3) is 0.444. The van der Waals surface area contributed by atoms with Gasteiger partial charge in [0.1, 0.15) is 11.9 Å². The third-order valence-electron chi connectivity index (χ3n) is 4.85. The van der Waals surface area contributed by atoms with Gasteiger partial charge in [-0.2, -0.15) is 0 Å². The van der Waals surface area contributed by atoms with Gasteiger partial charge < -0.3 is 9.80 Å². The van der Waals surface area contributed by atoms with Crippen LogP contribution in [0.2, 0.25) is 0 Å². The SMILES string of the molecule is CN(C)c1nc(-c2ccncc2)nc2c1CCN(C(=O)C1CCNN1)C2. The lowest BCUT2D eigenvalue weighted by molar-refractivity contribution is -0.134. The number of anilines is 1. The first-order valence-corrected chi connectivity index (χ1v) is 8.88. The van der Waals surface area contributed by atoms with Crippen LogP contribution in [0.5, 0.6) is 0 Å². The van der Waals surface area contributed by atoms with Crippen molar-refractivity contribution in [1.29, 1.82) is 0 Å². The molecule has 0 aromatic carbocycles. The first-order chi connectivity index (χ1) is 12.6. The summed E-state index contributed by atoms with van der Waals surface area (Å²) >= 11 is 0. The number of carbonyl (C=O) groups excluding carboxylic acids is 1. The van der Waals surface area contributed by atoms with Crippen molar-refractivity contribution in [2.45, 2.75) is 25.4 Å². The van der Waals surface area contributed by atoms with Crippen molar-refractivity contribution in [2.75, 3.05) is 32.1 Å². The van der Waals surface area contributed by atoms with E-state index in [0.29, 0.717) is 18.9 Å². The zero-order chi connectivity index (χ0) is 18.1. The summed E-state index contributed by atoms with van der Waals surface area (Å²) in [6.07, 6.45) is 5.06. The van der Waals surface area contributed by atoms with Crippen molar-refractivity contribution >= 4 is 11.7 Å². The highest BCUT2D eigenvalue weighted by Gasteiger charge is 2.31. The molecule has 0 aliphatic carbocycles. The second-order valence-corrected chi connectivity index (χ2v) is 6.85. The number of fused-ring (bicyclic) bond motifs is 1. The van der Waals surface area contributed by atoms with E-state index in [0.717, 1.165) is 42.0 Å². The minimum atomic E-state index is -0.147. The first kappa shape index (κ1) is 16.9. The van der Waals surface area contributed by atoms with E-state index < -0.39 is 0 Å². The van der Waals surface area contributed by atoms with Gasteiger partial charge in [-0.25, -0.2) is 15.4 Å². The Labute approximate surface area is 152 Å². The van der Waals surface area contributed by atoms with Crippen molar-refractivity contribution < 1.29 is 4.79 Å². The molecule has 2 aliphatic heterocycles. The Morgan fingerprint density at radius 1 is 1.27 bits per heavy atom. The predicted octanol–water partition coefficient (Wildman–Crippen LogP) is 0.356. The van der Waals surface area contributed by atoms with Gasteiger partial charge in [0, 0.05) is 50.7 Å². The molecular weight excluding hydrogens is 330 g/mol. The van der Waals surface area contributed by atoms with E-state index in [1.807, 2.05) is 36.0 Å². The Morgan fingerprint density at radius 2 is 2.08 bits per heavy atom. The van der Waals surface area contributed by atoms with Gasteiger partial charge in [-0.3, -0.25) is 15.2 Å². The zero-order valence-corrected chi connectivity index (χ0v) is 15.1. The number of nitrogens with one attached hydrogen (secondary N) is 2. The molecule has 1 fully saturated rings. The zero-order valence-electron chi connectivity index (χ0n) is 15.1. The van der Waals surface area contributed by atoms with Crippen molar-refractivity contribution in [3.63, 3.8) is 0 Å². The molecule has 0 radical (unpaired) electrons. The Kier molecular flexibility index (Phi) is 4.52. The average Bonchev–Trinajstić information content (AvgIpc) is 3.21. The largest absolute Gasteiger partial charge is 0.362 e. The van der Waals surface area contributed by atoms with Gasteiger partial charge in [-0.1, -0.05) is 0 Å². The molecule has 1 unspecified atom stereocenters. The van der Waals surface area contributed by atoms with Crippen molar-refractivity contribution in [3.05, 3.63) is 35.8 Å². The van der Waals surface area contributed by atoms with Crippen LogP contribution < -0.4 is 15.8 Å². The summed E-state index contributed by atoms with van der Waals surface area (Å²) in [4.78, 5) is 30.3. The van der Waals surface area contributed by atoms with Crippen LogP contribution in [0.3, 0.4) is 0 Å². The highest BCUT2D eigenvalue weighted by Crippen LogP contribution is 2.28. The van der Waals surface area contributed by atoms with E-state index in [1.165, 1.54) is 0 Å². The molecule has 8 heteroatoms. The minimum Gasteiger partial charge on any atom is -0.362 e. The molecule has 1 atom stereocenters. The molecule has 0 saturated carbocycles. The third-order valence-corrected chi connectivity index (χ3v) is 4.85. The summed E-state index contributed by atoms with van der Waals surface area (Å²) in [6.45, 7) is 2.04. The molecule has 2 aliphatic rings. The quantitative estimate of drug-likeness (QED) is 0.824. The van der Waals surface area contributed by atoms with Crippen molar-refractivity contribution in [3.8, 4) is 11.4 Å². The second kappa shape index (κ2) is 6.97. The summed E-state index contributed by atoms with van der Waals surface area (Å²) in [5.41, 5.74) is 9.08. The average molecular weight is 353 g/mol. The summed E-state index contributed by atoms with van der Waals surface area (Å²) in [5, 5.41) is 0. The number of hydrogen-bond donors (Lipinski definition) is 2. The maximum absolute atomic E-state index is 12.7. The Hall–Kier alpha value is -2.58. The number of rotatable bonds is 3. The lowest BCUT2D eigenvalue weighted by atomic mass is 10.0. The van der Waals surface area contributed by atoms with E-state index in [2.05, 4.69) is 15.8 Å². The number of nitrogens with zero attached hydrogens (tertiary/aromatic N) is 5. The van der Waals surface area contributed by atoms with Gasteiger partial charge in [0.15, 0.2) is 5.82 Å². The van der Waals surface area contributed by atoms with Crippen LogP contribution in [0.4, 0.5) is 5.82 Å². The van der Waals surface area contributed by atoms with E-state index in [-0.39, 0.29) is 11.9 Å². The van der Waals surface area contributed by atoms with Crippen LogP contribution in [0.1, 0.15) is 17.7 Å². The molecule has 26 heavy (non-hydrogen) atoms. The normalized spacial score (nSPS) is 19.3. The fourth-order valence-electron chi connectivity index (χ4n) is 3.49. The van der Waals surface area contributed by atoms with Crippen LogP contribution in [-0.4, -0.2) is 59.0 Å². The van der Waals surface area contributed by atoms with Crippen LogP contribution in [-0.2, 0) is 17.8 Å². The van der Waals surface area contributed by atoms with Crippen molar-refractivity contribution in [2.24, 2.45) is 0 Å². The summed E-state index contributed by atoms with van der Waals surface area (Å²) in [6, 6.07) is 3.66. The summed E-state index contributed by atoms with van der Waals surface area (Å²) in [5.74, 6) is 1.73. The fourth-order valence-corrected chi connectivity index (χ4v) is 3.49. The van der Waals surface area contributed by atoms with E-state index in [4.69, 9.17) is 9.97 Å². The van der Waals surface area contributed by atoms with Gasteiger partial charge in [-0.15, -0.1) is 0 Å². The highest BCUT2D eigenvalue weighted by atomic mass is 16.2. The van der Waals surface area contributed by atoms with Crippen LogP contribution in [0, 0.1) is 0 Å². The molecule has 136 valence electrons. The smallest absolute Gasteiger partial charge is 0.241 e. The summed E-state index contributed by atoms with van der Waals surface area (Å²) < 4.78 is 0. The number of carbonyl (C=O) groups is 1. The topological polar surface area (TPSA) is 86.3 Å². The number of amides is 1. The van der Waals surface area contributed by atoms with Crippen LogP contribution >= 0.6 is 0 Å². The van der Waals surface area contributed by atoms with Gasteiger partial charge in [0.05, 0.1) is 12.2 Å². The van der Waals surface area contributed by atoms with Gasteiger partial charge in [0.25, 0.3) is 0 Å². The van der Waals surface area contributed by atoms with Crippen molar-refractivity contribution in [1.82, 2.24) is 30.7 Å². The lowest BCUT2D eigenvalue weighted by Crippen LogP contribution is -2.47. The van der Waals surface area contributed by atoms with Crippen LogP contribution in [0.15, 0.2) is 24.5 Å². The number of pyridine rings is 1. The molecule has 2 aromatic rings. The molecule has 2 aromatic heterocycles. The molecule has 0 spiro atoms. The van der Waals surface area contributed by atoms with E-state index >= 15 is 0 Å². The first-order valence-electron chi connectivity index (χ1n) is 8.88. The summed E-state index contributed by atoms with van der Waals surface area (Å²) in [7, 11) is 3.98. The van der Waals surface area contributed by atoms with E-state index in [1.54, 1.807) is 12.4 Å². The Morgan fingerprint density at radius 3 is 2.77 bits per heavy atom. The molecule has 0 bridgehead atoms. The monoisotopic (exact) mass is 353 g/mol. The standard InChI is InChI=1S/C18H23N7O/c1-24(2)17-13-6-10-25(18(26)14-5-9-20-23-14)11-15(13)21-16(22-17)12-3-7-19-8-4-12/h3-4,7-8,14,20,23H,5-6,9-11H2,1-2H3. The maximum atomic E-state index is 12.7. The number of aromatic nitrogens is 3. The molecule has 4 heterocycles. The van der Waals surface area contributed by atoms with Gasteiger partial charge in [-0.05, 0) is 25.0 Å². The third kappa shape index (κ3) is 3.13. The second-order valence-electron chi connectivity index (χ2n) is 6.85.